The van der Waals surface area contributed by atoms with Crippen molar-refractivity contribution in [2.24, 2.45) is 5.92 Å². The van der Waals surface area contributed by atoms with E-state index in [0.29, 0.717) is 0 Å². The Labute approximate surface area is 124 Å². The number of rotatable bonds is 12. The Balaban J connectivity index is 0. The Morgan fingerprint density at radius 3 is 1.95 bits per heavy atom. The van der Waals surface area contributed by atoms with E-state index in [4.69, 9.17) is 5.11 Å². The normalized spacial score (nSPS) is 15.2. The second kappa shape index (κ2) is 12.2. The summed E-state index contributed by atoms with van der Waals surface area (Å²) in [4.78, 5) is 10.7. The van der Waals surface area contributed by atoms with E-state index in [0.717, 1.165) is 12.8 Å². The van der Waals surface area contributed by atoms with E-state index in [-0.39, 0.29) is 18.5 Å². The van der Waals surface area contributed by atoms with Crippen LogP contribution in [0.15, 0.2) is 0 Å². The lowest BCUT2D eigenvalue weighted by molar-refractivity contribution is -0.144. The molecule has 0 radical (unpaired) electrons. The Hall–Kier alpha value is -0.610. The Morgan fingerprint density at radius 1 is 1.05 bits per heavy atom. The molecule has 0 bridgehead atoms. The molecule has 0 amide bonds. The molecule has 0 aromatic carbocycles. The molecular weight excluding hydrogens is 254 g/mol. The molecule has 5 N–H and O–H groups in total. The zero-order valence-corrected chi connectivity index (χ0v) is 13.7. The minimum atomic E-state index is -1.08. The van der Waals surface area contributed by atoms with E-state index in [2.05, 4.69) is 6.92 Å². The van der Waals surface area contributed by atoms with Gasteiger partial charge in [-0.2, -0.15) is 0 Å². The van der Waals surface area contributed by atoms with E-state index in [9.17, 15) is 9.90 Å². The summed E-state index contributed by atoms with van der Waals surface area (Å²) in [5, 5.41) is 18.8. The predicted molar refractivity (Wildman–Crippen MR) is 84.3 cm³/mol. The lowest BCUT2D eigenvalue weighted by Crippen LogP contribution is -2.35. The Bertz CT molecular complexity index is 242. The van der Waals surface area contributed by atoms with Crippen LogP contribution in [-0.2, 0) is 4.79 Å². The first-order valence-electron chi connectivity index (χ1n) is 7.84. The molecular formula is C16H35NO3. The molecule has 0 aromatic heterocycles. The molecule has 4 heteroatoms. The van der Waals surface area contributed by atoms with Crippen LogP contribution in [0.2, 0.25) is 0 Å². The molecule has 2 atom stereocenters. The lowest BCUT2D eigenvalue weighted by atomic mass is 9.84. The quantitative estimate of drug-likeness (QED) is 0.460. The molecule has 0 saturated carbocycles. The fourth-order valence-electron chi connectivity index (χ4n) is 2.38. The van der Waals surface area contributed by atoms with E-state index < -0.39 is 11.6 Å². The van der Waals surface area contributed by atoms with Gasteiger partial charge >= 0.3 is 5.97 Å². The standard InChI is InChI=1S/C16H32O3.H3N/c1-4-5-6-7-8-9-10-11-12-14(2)16(3,19)13-15(17)18;/h14,19H,4-13H2,1-3H3,(H,17,18);1H3. The van der Waals surface area contributed by atoms with E-state index in [1.54, 1.807) is 6.92 Å². The maximum atomic E-state index is 10.7. The number of hydrogen-bond acceptors (Lipinski definition) is 3. The van der Waals surface area contributed by atoms with Crippen LogP contribution in [0.4, 0.5) is 0 Å². The van der Waals surface area contributed by atoms with Crippen LogP contribution in [0.3, 0.4) is 0 Å². The summed E-state index contributed by atoms with van der Waals surface area (Å²) >= 11 is 0. The van der Waals surface area contributed by atoms with Gasteiger partial charge in [-0.25, -0.2) is 0 Å². The van der Waals surface area contributed by atoms with Crippen molar-refractivity contribution < 1.29 is 15.0 Å². The summed E-state index contributed by atoms with van der Waals surface area (Å²) in [5.74, 6) is -0.878. The molecule has 0 aliphatic rings. The van der Waals surface area contributed by atoms with Crippen molar-refractivity contribution >= 4 is 5.97 Å². The van der Waals surface area contributed by atoms with Crippen molar-refractivity contribution in [2.45, 2.75) is 90.6 Å². The summed E-state index contributed by atoms with van der Waals surface area (Å²) in [6.07, 6.45) is 10.9. The topological polar surface area (TPSA) is 92.5 Å². The summed E-state index contributed by atoms with van der Waals surface area (Å²) in [5.41, 5.74) is -1.08. The van der Waals surface area contributed by atoms with Crippen molar-refractivity contribution in [3.63, 3.8) is 0 Å². The highest BCUT2D eigenvalue weighted by molar-refractivity contribution is 5.68. The van der Waals surface area contributed by atoms with Crippen LogP contribution in [-0.4, -0.2) is 21.8 Å². The van der Waals surface area contributed by atoms with Crippen molar-refractivity contribution in [1.82, 2.24) is 6.15 Å². The van der Waals surface area contributed by atoms with Crippen molar-refractivity contribution in [3.05, 3.63) is 0 Å². The van der Waals surface area contributed by atoms with Gasteiger partial charge in [0.15, 0.2) is 0 Å². The van der Waals surface area contributed by atoms with E-state index >= 15 is 0 Å². The van der Waals surface area contributed by atoms with Gasteiger partial charge in [0.2, 0.25) is 0 Å². The third kappa shape index (κ3) is 11.2. The third-order valence-electron chi connectivity index (χ3n) is 4.06. The molecule has 0 saturated heterocycles. The highest BCUT2D eigenvalue weighted by Gasteiger charge is 2.30. The number of aliphatic hydroxyl groups is 1. The van der Waals surface area contributed by atoms with Crippen LogP contribution in [0.5, 0.6) is 0 Å². The number of unbranched alkanes of at least 4 members (excludes halogenated alkanes) is 7. The molecule has 4 nitrogen and oxygen atoms in total. The predicted octanol–water partition coefficient (Wildman–Crippen LogP) is 4.54. The van der Waals surface area contributed by atoms with Crippen LogP contribution in [0.1, 0.15) is 85.0 Å². The number of hydrogen-bond donors (Lipinski definition) is 3. The second-order valence-electron chi connectivity index (χ2n) is 6.09. The van der Waals surface area contributed by atoms with Gasteiger partial charge in [0.05, 0.1) is 12.0 Å². The first kappa shape index (κ1) is 21.7. The molecule has 0 heterocycles. The Kier molecular flexibility index (Phi) is 13.2. The number of carbonyl (C=O) groups is 1. The van der Waals surface area contributed by atoms with Gasteiger partial charge in [-0.3, -0.25) is 4.79 Å². The van der Waals surface area contributed by atoms with Crippen molar-refractivity contribution in [2.75, 3.05) is 0 Å². The molecule has 0 rings (SSSR count). The number of carboxylic acid groups (broad SMARTS) is 1. The van der Waals surface area contributed by atoms with Crippen molar-refractivity contribution in [1.29, 1.82) is 0 Å². The minimum Gasteiger partial charge on any atom is -0.481 e. The maximum Gasteiger partial charge on any atom is 0.306 e. The largest absolute Gasteiger partial charge is 0.481 e. The van der Waals surface area contributed by atoms with E-state index in [1.807, 2.05) is 6.92 Å². The molecule has 0 aliphatic carbocycles. The second-order valence-corrected chi connectivity index (χ2v) is 6.09. The minimum absolute atomic E-state index is 0. The monoisotopic (exact) mass is 289 g/mol. The summed E-state index contributed by atoms with van der Waals surface area (Å²) in [6, 6.07) is 0. The lowest BCUT2D eigenvalue weighted by Gasteiger charge is -2.28. The van der Waals surface area contributed by atoms with Crippen LogP contribution in [0, 0.1) is 5.92 Å². The van der Waals surface area contributed by atoms with E-state index in [1.165, 1.54) is 44.9 Å². The highest BCUT2D eigenvalue weighted by Crippen LogP contribution is 2.26. The third-order valence-corrected chi connectivity index (χ3v) is 4.06. The first-order chi connectivity index (χ1) is 8.90. The van der Waals surface area contributed by atoms with Gasteiger partial charge in [0.25, 0.3) is 0 Å². The van der Waals surface area contributed by atoms with Gasteiger partial charge in [-0.05, 0) is 19.3 Å². The van der Waals surface area contributed by atoms with Crippen molar-refractivity contribution in [3.8, 4) is 0 Å². The number of carboxylic acids is 1. The van der Waals surface area contributed by atoms with Gasteiger partial charge in [0, 0.05) is 0 Å². The fourth-order valence-corrected chi connectivity index (χ4v) is 2.38. The van der Waals surface area contributed by atoms with Gasteiger partial charge in [-0.15, -0.1) is 0 Å². The summed E-state index contributed by atoms with van der Waals surface area (Å²) in [7, 11) is 0. The highest BCUT2D eigenvalue weighted by atomic mass is 16.4. The number of aliphatic carboxylic acids is 1. The zero-order valence-electron chi connectivity index (χ0n) is 13.7. The zero-order chi connectivity index (χ0) is 14.7. The van der Waals surface area contributed by atoms with Crippen LogP contribution >= 0.6 is 0 Å². The van der Waals surface area contributed by atoms with Gasteiger partial charge in [-0.1, -0.05) is 65.2 Å². The Morgan fingerprint density at radius 2 is 1.50 bits per heavy atom. The SMILES string of the molecule is CCCCCCCCCCC(C)C(C)(O)CC(=O)O.N. The average molecular weight is 289 g/mol. The van der Waals surface area contributed by atoms with Crippen LogP contribution < -0.4 is 6.15 Å². The molecule has 20 heavy (non-hydrogen) atoms. The first-order valence-corrected chi connectivity index (χ1v) is 7.84. The molecule has 2 unspecified atom stereocenters. The molecule has 0 fully saturated rings. The fraction of sp³-hybridized carbons (Fsp3) is 0.938. The smallest absolute Gasteiger partial charge is 0.306 e. The molecule has 0 aliphatic heterocycles. The molecule has 0 spiro atoms. The maximum absolute atomic E-state index is 10.7. The average Bonchev–Trinajstić information content (AvgIpc) is 2.30. The van der Waals surface area contributed by atoms with Crippen LogP contribution in [0.25, 0.3) is 0 Å². The molecule has 0 aromatic rings. The molecule has 122 valence electrons. The summed E-state index contributed by atoms with van der Waals surface area (Å²) in [6.45, 7) is 5.81. The summed E-state index contributed by atoms with van der Waals surface area (Å²) < 4.78 is 0. The van der Waals surface area contributed by atoms with Gasteiger partial charge in [0.1, 0.15) is 0 Å². The van der Waals surface area contributed by atoms with Gasteiger partial charge < -0.3 is 16.4 Å².